The molecule has 0 saturated heterocycles. The minimum Gasteiger partial charge on any atom is -0.287 e. The number of aryl methyl sites for hydroxylation is 2. The highest BCUT2D eigenvalue weighted by atomic mass is 19.4. The molecule has 0 atom stereocenters. The second-order valence-corrected chi connectivity index (χ2v) is 5.23. The third-order valence-corrected chi connectivity index (χ3v) is 3.55. The van der Waals surface area contributed by atoms with Crippen LogP contribution in [0.15, 0.2) is 24.4 Å². The number of anilines is 1. The van der Waals surface area contributed by atoms with E-state index in [1.54, 1.807) is 37.7 Å². The number of carbonyl (C=O) groups excluding carboxylic acids is 1. The molecule has 0 bridgehead atoms. The number of carbonyl (C=O) groups is 1. The maximum atomic E-state index is 12.8. The summed E-state index contributed by atoms with van der Waals surface area (Å²) in [5, 5.41) is 4.18. The number of hydrogen-bond acceptors (Lipinski definition) is 3. The minimum absolute atomic E-state index is 0.0194. The van der Waals surface area contributed by atoms with Crippen molar-refractivity contribution >= 4 is 11.7 Å². The minimum atomic E-state index is -4.51. The Bertz CT molecular complexity index is 695. The van der Waals surface area contributed by atoms with Gasteiger partial charge in [-0.3, -0.25) is 14.4 Å². The summed E-state index contributed by atoms with van der Waals surface area (Å²) in [6, 6.07) is 4.50. The van der Waals surface area contributed by atoms with Crippen LogP contribution in [0.2, 0.25) is 0 Å². The van der Waals surface area contributed by atoms with Gasteiger partial charge in [-0.05, 0) is 26.0 Å². The molecule has 0 saturated carbocycles. The number of alkyl halides is 3. The molecule has 0 aliphatic heterocycles. The number of halogens is 3. The van der Waals surface area contributed by atoms with Crippen molar-refractivity contribution in [1.82, 2.24) is 14.8 Å². The summed E-state index contributed by atoms with van der Waals surface area (Å²) in [6.45, 7) is 2.13. The number of aromatic nitrogens is 3. The van der Waals surface area contributed by atoms with Crippen molar-refractivity contribution in [3.05, 3.63) is 41.3 Å². The summed E-state index contributed by atoms with van der Waals surface area (Å²) in [5.74, 6) is -0.686. The van der Waals surface area contributed by atoms with E-state index in [0.717, 1.165) is 5.69 Å². The van der Waals surface area contributed by atoms with Crippen LogP contribution in [0, 0.1) is 13.8 Å². The molecule has 1 amide bonds. The molecule has 8 heteroatoms. The molecule has 2 heterocycles. The van der Waals surface area contributed by atoms with Crippen LogP contribution in [-0.2, 0) is 18.3 Å². The fourth-order valence-electron chi connectivity index (χ4n) is 2.31. The topological polar surface area (TPSA) is 51.0 Å². The van der Waals surface area contributed by atoms with E-state index in [0.29, 0.717) is 16.2 Å². The van der Waals surface area contributed by atoms with E-state index < -0.39 is 18.6 Å². The summed E-state index contributed by atoms with van der Waals surface area (Å²) in [5.41, 5.74) is 2.02. The van der Waals surface area contributed by atoms with Crippen molar-refractivity contribution in [2.45, 2.75) is 26.4 Å². The molecule has 0 fully saturated rings. The maximum Gasteiger partial charge on any atom is 0.406 e. The molecule has 23 heavy (non-hydrogen) atoms. The van der Waals surface area contributed by atoms with E-state index in [1.807, 2.05) is 0 Å². The maximum absolute atomic E-state index is 12.8. The highest BCUT2D eigenvalue weighted by Crippen LogP contribution is 2.22. The summed E-state index contributed by atoms with van der Waals surface area (Å²) >= 11 is 0. The molecule has 0 unspecified atom stereocenters. The Hall–Kier alpha value is -2.38. The number of rotatable bonds is 4. The summed E-state index contributed by atoms with van der Waals surface area (Å²) in [4.78, 5) is 17.0. The molecule has 0 radical (unpaired) electrons. The molecule has 0 spiro atoms. The van der Waals surface area contributed by atoms with E-state index >= 15 is 0 Å². The van der Waals surface area contributed by atoms with Gasteiger partial charge in [0, 0.05) is 24.5 Å². The summed E-state index contributed by atoms with van der Waals surface area (Å²) < 4.78 is 40.0. The zero-order valence-electron chi connectivity index (χ0n) is 13.1. The standard InChI is InChI=1S/C15H17F3N4O/c1-10-12(11(2)21(3)20-10)8-14(23)22(9-15(16,17)18)13-6-4-5-7-19-13/h4-7H,8-9H2,1-3H3. The molecular formula is C15H17F3N4O. The molecule has 2 rings (SSSR count). The first-order chi connectivity index (χ1) is 10.7. The van der Waals surface area contributed by atoms with Gasteiger partial charge in [-0.2, -0.15) is 18.3 Å². The van der Waals surface area contributed by atoms with E-state index in [4.69, 9.17) is 0 Å². The molecule has 2 aromatic rings. The van der Waals surface area contributed by atoms with Crippen LogP contribution in [0.1, 0.15) is 17.0 Å². The Morgan fingerprint density at radius 3 is 2.48 bits per heavy atom. The first kappa shape index (κ1) is 17.0. The van der Waals surface area contributed by atoms with Gasteiger partial charge in [0.1, 0.15) is 12.4 Å². The lowest BCUT2D eigenvalue weighted by Crippen LogP contribution is -2.40. The average Bonchev–Trinajstić information content (AvgIpc) is 2.71. The summed E-state index contributed by atoms with van der Waals surface area (Å²) in [6.07, 6.45) is -3.31. The fraction of sp³-hybridized carbons (Fsp3) is 0.400. The molecule has 124 valence electrons. The van der Waals surface area contributed by atoms with E-state index in [1.165, 1.54) is 12.3 Å². The second-order valence-electron chi connectivity index (χ2n) is 5.23. The largest absolute Gasteiger partial charge is 0.406 e. The quantitative estimate of drug-likeness (QED) is 0.868. The van der Waals surface area contributed by atoms with Crippen molar-refractivity contribution in [3.63, 3.8) is 0 Å². The Morgan fingerprint density at radius 2 is 2.00 bits per heavy atom. The average molecular weight is 326 g/mol. The molecule has 0 aromatic carbocycles. The van der Waals surface area contributed by atoms with Crippen molar-refractivity contribution in [1.29, 1.82) is 0 Å². The van der Waals surface area contributed by atoms with Gasteiger partial charge in [0.05, 0.1) is 12.1 Å². The normalized spacial score (nSPS) is 11.6. The van der Waals surface area contributed by atoms with Gasteiger partial charge in [0.25, 0.3) is 0 Å². The molecule has 2 aromatic heterocycles. The Kier molecular flexibility index (Phi) is 4.72. The zero-order valence-corrected chi connectivity index (χ0v) is 13.1. The number of pyridine rings is 1. The van der Waals surface area contributed by atoms with Gasteiger partial charge in [-0.15, -0.1) is 0 Å². The lowest BCUT2D eigenvalue weighted by molar-refractivity contribution is -0.132. The van der Waals surface area contributed by atoms with E-state index in [2.05, 4.69) is 10.1 Å². The number of amides is 1. The Labute approximate surface area is 131 Å². The van der Waals surface area contributed by atoms with Gasteiger partial charge < -0.3 is 0 Å². The first-order valence-corrected chi connectivity index (χ1v) is 6.96. The van der Waals surface area contributed by atoms with Gasteiger partial charge in [-0.1, -0.05) is 6.07 Å². The van der Waals surface area contributed by atoms with E-state index in [9.17, 15) is 18.0 Å². The molecule has 0 N–H and O–H groups in total. The highest BCUT2D eigenvalue weighted by molar-refractivity contribution is 5.94. The van der Waals surface area contributed by atoms with Crippen molar-refractivity contribution in [2.75, 3.05) is 11.4 Å². The van der Waals surface area contributed by atoms with Crippen molar-refractivity contribution < 1.29 is 18.0 Å². The van der Waals surface area contributed by atoms with Crippen LogP contribution in [0.25, 0.3) is 0 Å². The number of hydrogen-bond donors (Lipinski definition) is 0. The predicted octanol–water partition coefficient (Wildman–Crippen LogP) is 2.57. The van der Waals surface area contributed by atoms with Crippen LogP contribution in [0.5, 0.6) is 0 Å². The summed E-state index contributed by atoms with van der Waals surface area (Å²) in [7, 11) is 1.72. The van der Waals surface area contributed by atoms with Crippen molar-refractivity contribution in [2.24, 2.45) is 7.05 Å². The fourth-order valence-corrected chi connectivity index (χ4v) is 2.31. The van der Waals surface area contributed by atoms with Crippen molar-refractivity contribution in [3.8, 4) is 0 Å². The molecule has 5 nitrogen and oxygen atoms in total. The Morgan fingerprint density at radius 1 is 1.30 bits per heavy atom. The van der Waals surface area contributed by atoms with Gasteiger partial charge >= 0.3 is 6.18 Å². The van der Waals surface area contributed by atoms with Crippen LogP contribution in [0.3, 0.4) is 0 Å². The second kappa shape index (κ2) is 6.39. The third-order valence-electron chi connectivity index (χ3n) is 3.55. The highest BCUT2D eigenvalue weighted by Gasteiger charge is 2.34. The van der Waals surface area contributed by atoms with Crippen LogP contribution < -0.4 is 4.90 Å². The third kappa shape index (κ3) is 4.08. The predicted molar refractivity (Wildman–Crippen MR) is 79.0 cm³/mol. The van der Waals surface area contributed by atoms with Crippen LogP contribution in [-0.4, -0.2) is 33.4 Å². The Balaban J connectivity index is 2.30. The van der Waals surface area contributed by atoms with Crippen LogP contribution >= 0.6 is 0 Å². The zero-order chi connectivity index (χ0) is 17.2. The van der Waals surface area contributed by atoms with Crippen LogP contribution in [0.4, 0.5) is 19.0 Å². The lowest BCUT2D eigenvalue weighted by Gasteiger charge is -2.23. The molecule has 0 aliphatic carbocycles. The molecule has 0 aliphatic rings. The SMILES string of the molecule is Cc1nn(C)c(C)c1CC(=O)N(CC(F)(F)F)c1ccccn1. The molecular weight excluding hydrogens is 309 g/mol. The van der Waals surface area contributed by atoms with E-state index in [-0.39, 0.29) is 12.2 Å². The number of nitrogens with zero attached hydrogens (tertiary/aromatic N) is 4. The lowest BCUT2D eigenvalue weighted by atomic mass is 10.1. The van der Waals surface area contributed by atoms with Gasteiger partial charge in [0.15, 0.2) is 0 Å². The first-order valence-electron chi connectivity index (χ1n) is 6.96. The van der Waals surface area contributed by atoms with Gasteiger partial charge in [0.2, 0.25) is 5.91 Å². The monoisotopic (exact) mass is 326 g/mol. The van der Waals surface area contributed by atoms with Gasteiger partial charge in [-0.25, -0.2) is 4.98 Å². The smallest absolute Gasteiger partial charge is 0.287 e.